The first-order valence-electron chi connectivity index (χ1n) is 5.55. The van der Waals surface area contributed by atoms with Gasteiger partial charge in [0.2, 0.25) is 0 Å². The molecule has 17 heavy (non-hydrogen) atoms. The molecule has 0 saturated carbocycles. The Morgan fingerprint density at radius 1 is 1.35 bits per heavy atom. The number of aliphatic hydroxyl groups excluding tert-OH is 1. The quantitative estimate of drug-likeness (QED) is 0.877. The summed E-state index contributed by atoms with van der Waals surface area (Å²) in [5, 5.41) is 13.8. The van der Waals surface area contributed by atoms with Gasteiger partial charge in [-0.15, -0.1) is 0 Å². The minimum absolute atomic E-state index is 0.407. The maximum absolute atomic E-state index is 9.61. The first-order valence-corrected chi connectivity index (χ1v) is 5.55. The third kappa shape index (κ3) is 2.85. The maximum atomic E-state index is 9.61. The van der Waals surface area contributed by atoms with Gasteiger partial charge in [-0.05, 0) is 19.1 Å². The predicted octanol–water partition coefficient (Wildman–Crippen LogP) is 2.05. The Hall–Kier alpha value is -1.81. The van der Waals surface area contributed by atoms with Crippen molar-refractivity contribution in [2.45, 2.75) is 19.6 Å². The number of para-hydroxylation sites is 1. The lowest BCUT2D eigenvalue weighted by molar-refractivity contribution is 0.189. The van der Waals surface area contributed by atoms with E-state index in [2.05, 4.69) is 5.10 Å². The van der Waals surface area contributed by atoms with E-state index in [4.69, 9.17) is 4.74 Å². The fraction of sp³-hybridized carbons (Fsp3) is 0.308. The number of benzene rings is 1. The van der Waals surface area contributed by atoms with Crippen molar-refractivity contribution in [3.05, 3.63) is 47.8 Å². The molecule has 1 heterocycles. The molecule has 4 nitrogen and oxygen atoms in total. The van der Waals surface area contributed by atoms with Crippen molar-refractivity contribution >= 4 is 0 Å². The molecule has 1 atom stereocenters. The van der Waals surface area contributed by atoms with Crippen LogP contribution >= 0.6 is 0 Å². The van der Waals surface area contributed by atoms with Crippen LogP contribution in [0.3, 0.4) is 0 Å². The summed E-state index contributed by atoms with van der Waals surface area (Å²) in [6.45, 7) is 2.13. The molecule has 0 aliphatic carbocycles. The van der Waals surface area contributed by atoms with Gasteiger partial charge in [-0.2, -0.15) is 5.10 Å². The number of aliphatic hydroxyl groups is 1. The molecule has 1 aromatic heterocycles. The Bertz CT molecular complexity index is 492. The van der Waals surface area contributed by atoms with E-state index < -0.39 is 6.10 Å². The molecule has 0 radical (unpaired) electrons. The zero-order valence-electron chi connectivity index (χ0n) is 10.00. The van der Waals surface area contributed by atoms with Gasteiger partial charge < -0.3 is 9.84 Å². The summed E-state index contributed by atoms with van der Waals surface area (Å²) in [7, 11) is 1.87. The molecule has 0 saturated heterocycles. The van der Waals surface area contributed by atoms with Crippen LogP contribution in [0, 0.1) is 0 Å². The third-order valence-corrected chi connectivity index (χ3v) is 2.51. The molecule has 0 aliphatic heterocycles. The molecule has 1 N–H and O–H groups in total. The number of hydrogen-bond donors (Lipinski definition) is 1. The van der Waals surface area contributed by atoms with E-state index in [0.717, 1.165) is 11.3 Å². The Kier molecular flexibility index (Phi) is 3.44. The van der Waals surface area contributed by atoms with Gasteiger partial charge in [0, 0.05) is 18.8 Å². The van der Waals surface area contributed by atoms with Gasteiger partial charge in [0.25, 0.3) is 0 Å². The molecule has 0 aliphatic rings. The van der Waals surface area contributed by atoms with Crippen LogP contribution in [-0.2, 0) is 13.7 Å². The van der Waals surface area contributed by atoms with Gasteiger partial charge in [-0.3, -0.25) is 4.68 Å². The van der Waals surface area contributed by atoms with Crippen LogP contribution < -0.4 is 4.74 Å². The largest absolute Gasteiger partial charge is 0.487 e. The molecule has 0 bridgehead atoms. The van der Waals surface area contributed by atoms with Crippen molar-refractivity contribution in [3.8, 4) is 5.75 Å². The lowest BCUT2D eigenvalue weighted by Crippen LogP contribution is -2.01. The highest BCUT2D eigenvalue weighted by Gasteiger charge is 2.08. The first kappa shape index (κ1) is 11.7. The van der Waals surface area contributed by atoms with Crippen molar-refractivity contribution in [1.82, 2.24) is 9.78 Å². The standard InChI is InChI=1S/C13H16N2O2/c1-10(16)12-5-3-4-6-13(12)17-9-11-7-8-15(2)14-11/h3-8,10,16H,9H2,1-2H3. The Morgan fingerprint density at radius 2 is 2.12 bits per heavy atom. The van der Waals surface area contributed by atoms with Crippen LogP contribution in [0.2, 0.25) is 0 Å². The van der Waals surface area contributed by atoms with E-state index in [0.29, 0.717) is 12.4 Å². The molecule has 0 fully saturated rings. The molecule has 0 spiro atoms. The van der Waals surface area contributed by atoms with E-state index in [9.17, 15) is 5.11 Å². The predicted molar refractivity (Wildman–Crippen MR) is 64.6 cm³/mol. The second kappa shape index (κ2) is 5.01. The van der Waals surface area contributed by atoms with E-state index >= 15 is 0 Å². The average molecular weight is 232 g/mol. The summed E-state index contributed by atoms with van der Waals surface area (Å²) >= 11 is 0. The molecule has 2 aromatic rings. The summed E-state index contributed by atoms with van der Waals surface area (Å²) in [6, 6.07) is 9.39. The second-order valence-electron chi connectivity index (χ2n) is 3.98. The van der Waals surface area contributed by atoms with Gasteiger partial charge in [-0.25, -0.2) is 0 Å². The summed E-state index contributed by atoms with van der Waals surface area (Å²) in [5.74, 6) is 0.702. The summed E-state index contributed by atoms with van der Waals surface area (Å²) in [4.78, 5) is 0. The van der Waals surface area contributed by atoms with Crippen LogP contribution in [0.1, 0.15) is 24.3 Å². The SMILES string of the molecule is CC(O)c1ccccc1OCc1ccn(C)n1. The minimum atomic E-state index is -0.532. The van der Waals surface area contributed by atoms with Gasteiger partial charge >= 0.3 is 0 Å². The second-order valence-corrected chi connectivity index (χ2v) is 3.98. The number of rotatable bonds is 4. The summed E-state index contributed by atoms with van der Waals surface area (Å²) in [6.07, 6.45) is 1.34. The molecular formula is C13H16N2O2. The van der Waals surface area contributed by atoms with E-state index in [-0.39, 0.29) is 0 Å². The van der Waals surface area contributed by atoms with E-state index in [1.807, 2.05) is 43.6 Å². The molecule has 4 heteroatoms. The van der Waals surface area contributed by atoms with Crippen molar-refractivity contribution < 1.29 is 9.84 Å². The molecular weight excluding hydrogens is 216 g/mol. The zero-order valence-corrected chi connectivity index (χ0v) is 10.00. The third-order valence-electron chi connectivity index (χ3n) is 2.51. The maximum Gasteiger partial charge on any atom is 0.132 e. The number of ether oxygens (including phenoxy) is 1. The molecule has 2 rings (SSSR count). The van der Waals surface area contributed by atoms with Crippen LogP contribution in [0.15, 0.2) is 36.5 Å². The van der Waals surface area contributed by atoms with Crippen molar-refractivity contribution in [2.24, 2.45) is 7.05 Å². The number of hydrogen-bond acceptors (Lipinski definition) is 3. The molecule has 1 unspecified atom stereocenters. The van der Waals surface area contributed by atoms with Crippen LogP contribution in [0.5, 0.6) is 5.75 Å². The van der Waals surface area contributed by atoms with Gasteiger partial charge in [0.1, 0.15) is 12.4 Å². The highest BCUT2D eigenvalue weighted by atomic mass is 16.5. The molecule has 90 valence electrons. The molecule has 0 amide bonds. The Balaban J connectivity index is 2.08. The number of aryl methyl sites for hydroxylation is 1. The topological polar surface area (TPSA) is 47.3 Å². The van der Waals surface area contributed by atoms with Gasteiger partial charge in [-0.1, -0.05) is 18.2 Å². The van der Waals surface area contributed by atoms with Crippen LogP contribution in [0.25, 0.3) is 0 Å². The Labute approximate surface area is 100 Å². The summed E-state index contributed by atoms with van der Waals surface area (Å²) < 4.78 is 7.40. The lowest BCUT2D eigenvalue weighted by Gasteiger charge is -2.12. The number of nitrogens with zero attached hydrogens (tertiary/aromatic N) is 2. The van der Waals surface area contributed by atoms with Gasteiger partial charge in [0.05, 0.1) is 11.8 Å². The monoisotopic (exact) mass is 232 g/mol. The fourth-order valence-corrected chi connectivity index (χ4v) is 1.65. The normalized spacial score (nSPS) is 12.4. The zero-order chi connectivity index (χ0) is 12.3. The fourth-order valence-electron chi connectivity index (χ4n) is 1.65. The lowest BCUT2D eigenvalue weighted by atomic mass is 10.1. The molecule has 1 aromatic carbocycles. The smallest absolute Gasteiger partial charge is 0.132 e. The van der Waals surface area contributed by atoms with E-state index in [1.54, 1.807) is 11.6 Å². The average Bonchev–Trinajstić information content (AvgIpc) is 2.73. The van der Waals surface area contributed by atoms with E-state index in [1.165, 1.54) is 0 Å². The van der Waals surface area contributed by atoms with Crippen LogP contribution in [-0.4, -0.2) is 14.9 Å². The van der Waals surface area contributed by atoms with Crippen LogP contribution in [0.4, 0.5) is 0 Å². The van der Waals surface area contributed by atoms with Crippen molar-refractivity contribution in [3.63, 3.8) is 0 Å². The highest BCUT2D eigenvalue weighted by molar-refractivity contribution is 5.34. The number of aromatic nitrogens is 2. The Morgan fingerprint density at radius 3 is 2.76 bits per heavy atom. The summed E-state index contributed by atoms with van der Waals surface area (Å²) in [5.41, 5.74) is 1.66. The van der Waals surface area contributed by atoms with Crippen molar-refractivity contribution in [2.75, 3.05) is 0 Å². The van der Waals surface area contributed by atoms with Crippen molar-refractivity contribution in [1.29, 1.82) is 0 Å². The highest BCUT2D eigenvalue weighted by Crippen LogP contribution is 2.25. The minimum Gasteiger partial charge on any atom is -0.487 e. The van der Waals surface area contributed by atoms with Gasteiger partial charge in [0.15, 0.2) is 0 Å². The first-order chi connectivity index (χ1) is 8.16.